The van der Waals surface area contributed by atoms with E-state index in [4.69, 9.17) is 4.74 Å². The van der Waals surface area contributed by atoms with Crippen molar-refractivity contribution in [3.05, 3.63) is 24.3 Å². The first-order valence-corrected chi connectivity index (χ1v) is 6.87. The third-order valence-corrected chi connectivity index (χ3v) is 3.49. The lowest BCUT2D eigenvalue weighted by molar-refractivity contribution is -0.125. The van der Waals surface area contributed by atoms with Crippen LogP contribution in [-0.4, -0.2) is 34.5 Å². The molecule has 0 radical (unpaired) electrons. The second-order valence-electron chi connectivity index (χ2n) is 5.19. The molecule has 0 bridgehead atoms. The van der Waals surface area contributed by atoms with E-state index in [0.29, 0.717) is 0 Å². The summed E-state index contributed by atoms with van der Waals surface area (Å²) in [5.41, 5.74) is 0.104. The van der Waals surface area contributed by atoms with E-state index >= 15 is 0 Å². The number of aromatic nitrogens is 2. The first kappa shape index (κ1) is 14.4. The number of carbonyl (C=O) groups excluding carboxylic acids is 2. The van der Waals surface area contributed by atoms with Gasteiger partial charge in [-0.2, -0.15) is 0 Å². The summed E-state index contributed by atoms with van der Waals surface area (Å²) < 4.78 is 4.90. The van der Waals surface area contributed by atoms with Crippen LogP contribution in [0.2, 0.25) is 0 Å². The number of carbonyl (C=O) groups is 2. The Kier molecular flexibility index (Phi) is 5.03. The van der Waals surface area contributed by atoms with Gasteiger partial charge in [-0.25, -0.2) is 9.78 Å². The van der Waals surface area contributed by atoms with Crippen LogP contribution in [0.3, 0.4) is 0 Å². The molecule has 1 heterocycles. The minimum absolute atomic E-state index is 0.104. The number of nitrogens with zero attached hydrogens (tertiary/aromatic N) is 2. The Hall–Kier alpha value is -1.98. The highest BCUT2D eigenvalue weighted by atomic mass is 16.5. The van der Waals surface area contributed by atoms with Crippen LogP contribution < -0.4 is 5.32 Å². The number of nitrogens with one attached hydrogen (secondary N) is 1. The van der Waals surface area contributed by atoms with E-state index in [1.54, 1.807) is 0 Å². The van der Waals surface area contributed by atoms with Crippen LogP contribution in [0, 0.1) is 5.92 Å². The van der Waals surface area contributed by atoms with E-state index in [-0.39, 0.29) is 24.2 Å². The van der Waals surface area contributed by atoms with Gasteiger partial charge in [-0.1, -0.05) is 6.92 Å². The highest BCUT2D eigenvalue weighted by Gasteiger charge is 2.20. The van der Waals surface area contributed by atoms with Crippen LogP contribution in [0.4, 0.5) is 0 Å². The summed E-state index contributed by atoms with van der Waals surface area (Å²) in [6.07, 6.45) is 8.42. The predicted molar refractivity (Wildman–Crippen MR) is 71.9 cm³/mol. The molecule has 6 nitrogen and oxygen atoms in total. The second kappa shape index (κ2) is 6.98. The quantitative estimate of drug-likeness (QED) is 0.840. The van der Waals surface area contributed by atoms with Crippen molar-refractivity contribution in [2.45, 2.75) is 38.6 Å². The van der Waals surface area contributed by atoms with Gasteiger partial charge in [0.25, 0.3) is 5.91 Å². The topological polar surface area (TPSA) is 81.2 Å². The lowest BCUT2D eigenvalue weighted by atomic mass is 9.87. The fourth-order valence-electron chi connectivity index (χ4n) is 2.28. The van der Waals surface area contributed by atoms with Crippen LogP contribution in [0.1, 0.15) is 43.1 Å². The van der Waals surface area contributed by atoms with Crippen molar-refractivity contribution in [2.24, 2.45) is 5.92 Å². The SMILES string of the molecule is CC1CCC(NC(=O)COC(=O)c2cnccn2)CC1. The molecule has 108 valence electrons. The van der Waals surface area contributed by atoms with Crippen LogP contribution >= 0.6 is 0 Å². The Morgan fingerprint density at radius 3 is 2.70 bits per heavy atom. The molecular formula is C14H19N3O3. The van der Waals surface area contributed by atoms with Crippen LogP contribution in [0.25, 0.3) is 0 Å². The molecular weight excluding hydrogens is 258 g/mol. The number of amides is 1. The lowest BCUT2D eigenvalue weighted by Crippen LogP contribution is -2.39. The molecule has 1 aliphatic carbocycles. The molecule has 1 aromatic heterocycles. The summed E-state index contributed by atoms with van der Waals surface area (Å²) in [5.74, 6) is -0.162. The molecule has 1 aromatic rings. The first-order chi connectivity index (χ1) is 9.65. The normalized spacial score (nSPS) is 22.1. The van der Waals surface area contributed by atoms with Crippen LogP contribution in [0.15, 0.2) is 18.6 Å². The van der Waals surface area contributed by atoms with Crippen molar-refractivity contribution in [1.82, 2.24) is 15.3 Å². The lowest BCUT2D eigenvalue weighted by Gasteiger charge is -2.26. The predicted octanol–water partition coefficient (Wildman–Crippen LogP) is 1.33. The maximum atomic E-state index is 11.7. The number of rotatable bonds is 4. The van der Waals surface area contributed by atoms with Gasteiger partial charge in [0.1, 0.15) is 0 Å². The molecule has 1 saturated carbocycles. The molecule has 2 rings (SSSR count). The zero-order valence-corrected chi connectivity index (χ0v) is 11.5. The maximum absolute atomic E-state index is 11.7. The van der Waals surface area contributed by atoms with Gasteiger partial charge in [0.2, 0.25) is 0 Å². The van der Waals surface area contributed by atoms with Crippen molar-refractivity contribution in [1.29, 1.82) is 0 Å². The molecule has 1 fully saturated rings. The van der Waals surface area contributed by atoms with Gasteiger partial charge in [0.15, 0.2) is 12.3 Å². The summed E-state index contributed by atoms with van der Waals surface area (Å²) in [6, 6.07) is 0.203. The fourth-order valence-corrected chi connectivity index (χ4v) is 2.28. The van der Waals surface area contributed by atoms with Gasteiger partial charge in [0, 0.05) is 18.4 Å². The van der Waals surface area contributed by atoms with E-state index < -0.39 is 5.97 Å². The highest BCUT2D eigenvalue weighted by Crippen LogP contribution is 2.23. The van der Waals surface area contributed by atoms with Gasteiger partial charge in [-0.3, -0.25) is 9.78 Å². The standard InChI is InChI=1S/C14H19N3O3/c1-10-2-4-11(5-3-10)17-13(18)9-20-14(19)12-8-15-6-7-16-12/h6-8,10-11H,2-5,9H2,1H3,(H,17,18). The van der Waals surface area contributed by atoms with E-state index in [1.807, 2.05) is 0 Å². The molecule has 0 aliphatic heterocycles. The van der Waals surface area contributed by atoms with Crippen molar-refractivity contribution >= 4 is 11.9 Å². The number of ether oxygens (including phenoxy) is 1. The summed E-state index contributed by atoms with van der Waals surface area (Å²) in [6.45, 7) is 1.95. The maximum Gasteiger partial charge on any atom is 0.359 e. The molecule has 1 amide bonds. The molecule has 0 spiro atoms. The summed E-state index contributed by atoms with van der Waals surface area (Å²) in [7, 11) is 0. The van der Waals surface area contributed by atoms with E-state index in [9.17, 15) is 9.59 Å². The second-order valence-corrected chi connectivity index (χ2v) is 5.19. The molecule has 1 N–H and O–H groups in total. The Balaban J connectivity index is 1.71. The summed E-state index contributed by atoms with van der Waals surface area (Å²) in [4.78, 5) is 30.9. The largest absolute Gasteiger partial charge is 0.451 e. The van der Waals surface area contributed by atoms with Gasteiger partial charge < -0.3 is 10.1 Å². The van der Waals surface area contributed by atoms with Crippen LogP contribution in [0.5, 0.6) is 0 Å². The smallest absolute Gasteiger partial charge is 0.359 e. The minimum atomic E-state index is -0.634. The average Bonchev–Trinajstić information content (AvgIpc) is 2.48. The fraction of sp³-hybridized carbons (Fsp3) is 0.571. The molecule has 0 unspecified atom stereocenters. The minimum Gasteiger partial charge on any atom is -0.451 e. The number of esters is 1. The van der Waals surface area contributed by atoms with Crippen molar-refractivity contribution < 1.29 is 14.3 Å². The summed E-state index contributed by atoms with van der Waals surface area (Å²) >= 11 is 0. The van der Waals surface area contributed by atoms with Gasteiger partial charge in [-0.15, -0.1) is 0 Å². The Bertz CT molecular complexity index is 456. The summed E-state index contributed by atoms with van der Waals surface area (Å²) in [5, 5.41) is 2.89. The first-order valence-electron chi connectivity index (χ1n) is 6.87. The molecule has 1 aliphatic rings. The monoisotopic (exact) mass is 277 g/mol. The Morgan fingerprint density at radius 2 is 2.05 bits per heavy atom. The van der Waals surface area contributed by atoms with Crippen LogP contribution in [-0.2, 0) is 9.53 Å². The van der Waals surface area contributed by atoms with E-state index in [0.717, 1.165) is 31.6 Å². The van der Waals surface area contributed by atoms with Gasteiger partial charge in [0.05, 0.1) is 6.20 Å². The van der Waals surface area contributed by atoms with E-state index in [1.165, 1.54) is 18.6 Å². The third-order valence-electron chi connectivity index (χ3n) is 3.49. The van der Waals surface area contributed by atoms with Crippen molar-refractivity contribution in [3.8, 4) is 0 Å². The Morgan fingerprint density at radius 1 is 1.30 bits per heavy atom. The molecule has 20 heavy (non-hydrogen) atoms. The Labute approximate surface area is 118 Å². The molecule has 6 heteroatoms. The van der Waals surface area contributed by atoms with E-state index in [2.05, 4.69) is 22.2 Å². The van der Waals surface area contributed by atoms with Crippen molar-refractivity contribution in [2.75, 3.05) is 6.61 Å². The highest BCUT2D eigenvalue weighted by molar-refractivity contribution is 5.89. The zero-order valence-electron chi connectivity index (χ0n) is 11.5. The molecule has 0 atom stereocenters. The molecule has 0 aromatic carbocycles. The average molecular weight is 277 g/mol. The number of hydrogen-bond acceptors (Lipinski definition) is 5. The third kappa shape index (κ3) is 4.29. The molecule has 0 saturated heterocycles. The zero-order chi connectivity index (χ0) is 14.4. The van der Waals surface area contributed by atoms with Gasteiger partial charge in [-0.05, 0) is 31.6 Å². The van der Waals surface area contributed by atoms with Crippen molar-refractivity contribution in [3.63, 3.8) is 0 Å². The number of hydrogen-bond donors (Lipinski definition) is 1. The van der Waals surface area contributed by atoms with Gasteiger partial charge >= 0.3 is 5.97 Å².